The molecule has 0 aromatic rings. The number of nitrogens with zero attached hydrogens (tertiary/aromatic N) is 1. The van der Waals surface area contributed by atoms with Gasteiger partial charge in [0.2, 0.25) is 0 Å². The van der Waals surface area contributed by atoms with E-state index in [2.05, 4.69) is 5.32 Å². The first kappa shape index (κ1) is 15.7. The molecule has 0 spiro atoms. The molecule has 0 aliphatic carbocycles. The third kappa shape index (κ3) is 6.78. The monoisotopic (exact) mass is 246 g/mol. The SMILES string of the molecule is CC(CCCC(=O)O)NC(=O)N(C)C(C)CO. The summed E-state index contributed by atoms with van der Waals surface area (Å²) in [6.45, 7) is 3.49. The summed E-state index contributed by atoms with van der Waals surface area (Å²) in [5.74, 6) is -0.824. The topological polar surface area (TPSA) is 89.9 Å². The smallest absolute Gasteiger partial charge is 0.317 e. The number of carboxylic acid groups (broad SMARTS) is 1. The average molecular weight is 246 g/mol. The Balaban J connectivity index is 3.90. The molecule has 0 heterocycles. The molecule has 0 fully saturated rings. The molecule has 3 N–H and O–H groups in total. The zero-order valence-electron chi connectivity index (χ0n) is 10.6. The van der Waals surface area contributed by atoms with Gasteiger partial charge in [-0.25, -0.2) is 4.79 Å². The fourth-order valence-electron chi connectivity index (χ4n) is 1.27. The summed E-state index contributed by atoms with van der Waals surface area (Å²) in [5.41, 5.74) is 0. The summed E-state index contributed by atoms with van der Waals surface area (Å²) in [4.78, 5) is 23.4. The van der Waals surface area contributed by atoms with Crippen LogP contribution in [0.4, 0.5) is 4.79 Å². The third-order valence-electron chi connectivity index (χ3n) is 2.64. The zero-order chi connectivity index (χ0) is 13.4. The number of carboxylic acids is 1. The highest BCUT2D eigenvalue weighted by Gasteiger charge is 2.16. The van der Waals surface area contributed by atoms with Crippen LogP contribution in [0.15, 0.2) is 0 Å². The lowest BCUT2D eigenvalue weighted by atomic mass is 10.1. The van der Waals surface area contributed by atoms with Crippen molar-refractivity contribution in [1.82, 2.24) is 10.2 Å². The van der Waals surface area contributed by atoms with Crippen LogP contribution in [0.3, 0.4) is 0 Å². The second-order valence-corrected chi connectivity index (χ2v) is 4.28. The van der Waals surface area contributed by atoms with E-state index in [4.69, 9.17) is 10.2 Å². The van der Waals surface area contributed by atoms with Gasteiger partial charge in [0, 0.05) is 19.5 Å². The van der Waals surface area contributed by atoms with Gasteiger partial charge in [-0.15, -0.1) is 0 Å². The third-order valence-corrected chi connectivity index (χ3v) is 2.64. The molecular weight excluding hydrogens is 224 g/mol. The first-order valence-electron chi connectivity index (χ1n) is 5.74. The van der Waals surface area contributed by atoms with Gasteiger partial charge < -0.3 is 20.4 Å². The Kier molecular flexibility index (Phi) is 7.29. The van der Waals surface area contributed by atoms with Crippen LogP contribution < -0.4 is 5.32 Å². The normalized spacial score (nSPS) is 13.9. The molecule has 0 aromatic carbocycles. The van der Waals surface area contributed by atoms with E-state index in [-0.39, 0.29) is 31.1 Å². The number of likely N-dealkylation sites (N-methyl/N-ethyl adjacent to an activating group) is 1. The fourth-order valence-corrected chi connectivity index (χ4v) is 1.27. The standard InChI is InChI=1S/C11H22N2O4/c1-8(5-4-6-10(15)16)12-11(17)13(3)9(2)7-14/h8-9,14H,4-7H2,1-3H3,(H,12,17)(H,15,16). The molecule has 6 heteroatoms. The number of aliphatic hydroxyl groups excluding tert-OH is 1. The van der Waals surface area contributed by atoms with Crippen molar-refractivity contribution in [3.05, 3.63) is 0 Å². The molecule has 2 atom stereocenters. The minimum atomic E-state index is -0.824. The van der Waals surface area contributed by atoms with Gasteiger partial charge in [0.05, 0.1) is 12.6 Å². The number of nitrogens with one attached hydrogen (secondary N) is 1. The van der Waals surface area contributed by atoms with E-state index in [9.17, 15) is 9.59 Å². The number of carbonyl (C=O) groups excluding carboxylic acids is 1. The molecule has 6 nitrogen and oxygen atoms in total. The summed E-state index contributed by atoms with van der Waals surface area (Å²) in [5, 5.41) is 20.1. The lowest BCUT2D eigenvalue weighted by Crippen LogP contribution is -2.46. The molecule has 0 bridgehead atoms. The van der Waals surface area contributed by atoms with E-state index in [0.717, 1.165) is 0 Å². The van der Waals surface area contributed by atoms with Crippen LogP contribution in [-0.4, -0.2) is 52.9 Å². The largest absolute Gasteiger partial charge is 0.481 e. The number of aliphatic hydroxyl groups is 1. The first-order chi connectivity index (χ1) is 7.88. The summed E-state index contributed by atoms with van der Waals surface area (Å²) >= 11 is 0. The van der Waals surface area contributed by atoms with Gasteiger partial charge in [0.1, 0.15) is 0 Å². The minimum Gasteiger partial charge on any atom is -0.481 e. The van der Waals surface area contributed by atoms with Crippen LogP contribution in [-0.2, 0) is 4.79 Å². The summed E-state index contributed by atoms with van der Waals surface area (Å²) in [6, 6.07) is -0.564. The van der Waals surface area contributed by atoms with Gasteiger partial charge >= 0.3 is 12.0 Å². The number of urea groups is 1. The van der Waals surface area contributed by atoms with Gasteiger partial charge in [-0.2, -0.15) is 0 Å². The van der Waals surface area contributed by atoms with Crippen molar-refractivity contribution < 1.29 is 19.8 Å². The number of hydrogen-bond acceptors (Lipinski definition) is 3. The lowest BCUT2D eigenvalue weighted by molar-refractivity contribution is -0.137. The second kappa shape index (κ2) is 7.89. The maximum atomic E-state index is 11.6. The molecule has 17 heavy (non-hydrogen) atoms. The Bertz CT molecular complexity index is 258. The van der Waals surface area contributed by atoms with E-state index in [1.54, 1.807) is 14.0 Å². The van der Waals surface area contributed by atoms with E-state index in [0.29, 0.717) is 12.8 Å². The molecule has 0 saturated carbocycles. The second-order valence-electron chi connectivity index (χ2n) is 4.28. The van der Waals surface area contributed by atoms with Crippen LogP contribution in [0, 0.1) is 0 Å². The number of aliphatic carboxylic acids is 1. The number of amides is 2. The molecule has 0 aromatic heterocycles. The number of hydrogen-bond donors (Lipinski definition) is 3. The Hall–Kier alpha value is -1.30. The Morgan fingerprint density at radius 3 is 2.41 bits per heavy atom. The van der Waals surface area contributed by atoms with E-state index < -0.39 is 5.97 Å². The molecule has 0 saturated heterocycles. The van der Waals surface area contributed by atoms with E-state index in [1.807, 2.05) is 6.92 Å². The highest BCUT2D eigenvalue weighted by Crippen LogP contribution is 2.02. The molecular formula is C11H22N2O4. The van der Waals surface area contributed by atoms with Gasteiger partial charge in [-0.1, -0.05) is 0 Å². The van der Waals surface area contributed by atoms with Crippen LogP contribution in [0.2, 0.25) is 0 Å². The highest BCUT2D eigenvalue weighted by molar-refractivity contribution is 5.74. The summed E-state index contributed by atoms with van der Waals surface area (Å²) in [6.07, 6.45) is 1.28. The minimum absolute atomic E-state index is 0.0739. The molecule has 0 rings (SSSR count). The predicted molar refractivity (Wildman–Crippen MR) is 63.8 cm³/mol. The van der Waals surface area contributed by atoms with Crippen molar-refractivity contribution in [2.24, 2.45) is 0 Å². The maximum Gasteiger partial charge on any atom is 0.317 e. The molecule has 2 unspecified atom stereocenters. The van der Waals surface area contributed by atoms with Crippen LogP contribution >= 0.6 is 0 Å². The van der Waals surface area contributed by atoms with Crippen molar-refractivity contribution in [3.63, 3.8) is 0 Å². The maximum absolute atomic E-state index is 11.6. The lowest BCUT2D eigenvalue weighted by Gasteiger charge is -2.25. The zero-order valence-corrected chi connectivity index (χ0v) is 10.6. The Labute approximate surface area is 102 Å². The average Bonchev–Trinajstić information content (AvgIpc) is 2.26. The van der Waals surface area contributed by atoms with Gasteiger partial charge in [-0.3, -0.25) is 4.79 Å². The predicted octanol–water partition coefficient (Wildman–Crippen LogP) is 0.652. The summed E-state index contributed by atoms with van der Waals surface area (Å²) < 4.78 is 0. The van der Waals surface area contributed by atoms with Gasteiger partial charge in [-0.05, 0) is 26.7 Å². The van der Waals surface area contributed by atoms with Crippen molar-refractivity contribution in [2.45, 2.75) is 45.2 Å². The van der Waals surface area contributed by atoms with Gasteiger partial charge in [0.15, 0.2) is 0 Å². The Morgan fingerprint density at radius 1 is 1.35 bits per heavy atom. The Morgan fingerprint density at radius 2 is 1.94 bits per heavy atom. The van der Waals surface area contributed by atoms with Crippen molar-refractivity contribution in [2.75, 3.05) is 13.7 Å². The molecule has 0 radical (unpaired) electrons. The molecule has 100 valence electrons. The highest BCUT2D eigenvalue weighted by atomic mass is 16.4. The van der Waals surface area contributed by atoms with Crippen molar-refractivity contribution in [1.29, 1.82) is 0 Å². The van der Waals surface area contributed by atoms with Crippen molar-refractivity contribution in [3.8, 4) is 0 Å². The quantitative estimate of drug-likeness (QED) is 0.615. The van der Waals surface area contributed by atoms with Gasteiger partial charge in [0.25, 0.3) is 0 Å². The van der Waals surface area contributed by atoms with Crippen LogP contribution in [0.1, 0.15) is 33.1 Å². The fraction of sp³-hybridized carbons (Fsp3) is 0.818. The van der Waals surface area contributed by atoms with Crippen LogP contribution in [0.25, 0.3) is 0 Å². The first-order valence-corrected chi connectivity index (χ1v) is 5.74. The van der Waals surface area contributed by atoms with Crippen LogP contribution in [0.5, 0.6) is 0 Å². The van der Waals surface area contributed by atoms with E-state index >= 15 is 0 Å². The molecule has 2 amide bonds. The van der Waals surface area contributed by atoms with E-state index in [1.165, 1.54) is 4.90 Å². The number of carbonyl (C=O) groups is 2. The van der Waals surface area contributed by atoms with Crippen molar-refractivity contribution >= 4 is 12.0 Å². The number of rotatable bonds is 7. The summed E-state index contributed by atoms with van der Waals surface area (Å²) in [7, 11) is 1.61. The molecule has 0 aliphatic heterocycles. The molecule has 0 aliphatic rings.